The van der Waals surface area contributed by atoms with Gasteiger partial charge in [-0.05, 0) is 91.3 Å². The van der Waals surface area contributed by atoms with Crippen molar-refractivity contribution in [3.05, 3.63) is 92.5 Å². The van der Waals surface area contributed by atoms with Crippen LogP contribution >= 0.6 is 0 Å². The Bertz CT molecular complexity index is 1350. The molecule has 0 aromatic heterocycles. The number of rotatable bonds is 1. The first-order chi connectivity index (χ1) is 15.2. The molecule has 3 heteroatoms. The smallest absolute Gasteiger partial charge is 0.135 e. The lowest BCUT2D eigenvalue weighted by Gasteiger charge is -2.35. The van der Waals surface area contributed by atoms with Crippen LogP contribution in [0.5, 0.6) is 23.0 Å². The van der Waals surface area contributed by atoms with Crippen LogP contribution < -0.4 is 4.74 Å². The SMILES string of the molecule is Cc1c(C)c2c(c(C)c1O)C(c1cccc3ccccc13)c1c(C)c(O)c(C)c(C)c1O2. The minimum atomic E-state index is -0.171. The highest BCUT2D eigenvalue weighted by Crippen LogP contribution is 2.56. The van der Waals surface area contributed by atoms with Crippen molar-refractivity contribution in [1.29, 1.82) is 0 Å². The molecule has 0 atom stereocenters. The van der Waals surface area contributed by atoms with Gasteiger partial charge in [-0.15, -0.1) is 0 Å². The first-order valence-corrected chi connectivity index (χ1v) is 11.0. The number of aromatic hydroxyl groups is 2. The molecule has 4 aromatic carbocycles. The molecule has 32 heavy (non-hydrogen) atoms. The van der Waals surface area contributed by atoms with Crippen molar-refractivity contribution in [3.63, 3.8) is 0 Å². The Morgan fingerprint density at radius 1 is 0.594 bits per heavy atom. The van der Waals surface area contributed by atoms with Crippen molar-refractivity contribution in [2.45, 2.75) is 47.5 Å². The second-order valence-corrected chi connectivity index (χ2v) is 9.04. The molecule has 162 valence electrons. The molecule has 1 aliphatic rings. The number of phenolic OH excluding ortho intramolecular Hbond substituents is 2. The lowest BCUT2D eigenvalue weighted by molar-refractivity contribution is 0.422. The van der Waals surface area contributed by atoms with Crippen LogP contribution in [0.2, 0.25) is 0 Å². The van der Waals surface area contributed by atoms with Gasteiger partial charge in [-0.25, -0.2) is 0 Å². The van der Waals surface area contributed by atoms with Gasteiger partial charge < -0.3 is 14.9 Å². The number of fused-ring (bicyclic) bond motifs is 3. The molecule has 0 radical (unpaired) electrons. The molecule has 0 saturated carbocycles. The molecule has 2 N–H and O–H groups in total. The minimum absolute atomic E-state index is 0.171. The van der Waals surface area contributed by atoms with Crippen molar-refractivity contribution in [2.24, 2.45) is 0 Å². The van der Waals surface area contributed by atoms with E-state index in [4.69, 9.17) is 4.74 Å². The summed E-state index contributed by atoms with van der Waals surface area (Å²) < 4.78 is 6.61. The summed E-state index contributed by atoms with van der Waals surface area (Å²) in [4.78, 5) is 0. The number of hydrogen-bond donors (Lipinski definition) is 2. The Kier molecular flexibility index (Phi) is 4.49. The molecule has 0 fully saturated rings. The van der Waals surface area contributed by atoms with Gasteiger partial charge in [-0.1, -0.05) is 42.5 Å². The highest BCUT2D eigenvalue weighted by Gasteiger charge is 2.37. The average molecular weight is 425 g/mol. The van der Waals surface area contributed by atoms with Crippen molar-refractivity contribution >= 4 is 10.8 Å². The molecule has 0 spiro atoms. The standard InChI is InChI=1S/C29H28O3/c1-14-16(3)28-23(18(5)26(14)30)25(22-13-9-11-20-10-7-8-12-21(20)22)24-19(6)27(31)15(2)17(4)29(24)32-28/h7-13,25,30-31H,1-6H3. The third kappa shape index (κ3) is 2.60. The number of phenols is 2. The zero-order chi connectivity index (χ0) is 22.9. The summed E-state index contributed by atoms with van der Waals surface area (Å²) in [5, 5.41) is 24.3. The first kappa shape index (κ1) is 20.4. The molecule has 0 unspecified atom stereocenters. The summed E-state index contributed by atoms with van der Waals surface area (Å²) in [5.41, 5.74) is 8.31. The summed E-state index contributed by atoms with van der Waals surface area (Å²) in [6, 6.07) is 14.7. The Balaban J connectivity index is 1.99. The second kappa shape index (κ2) is 7.03. The van der Waals surface area contributed by atoms with Crippen molar-refractivity contribution < 1.29 is 14.9 Å². The molecule has 1 aliphatic heterocycles. The summed E-state index contributed by atoms with van der Waals surface area (Å²) in [6.45, 7) is 11.8. The molecular weight excluding hydrogens is 396 g/mol. The molecule has 0 aliphatic carbocycles. The van der Waals surface area contributed by atoms with Gasteiger partial charge in [-0.3, -0.25) is 0 Å². The van der Waals surface area contributed by atoms with E-state index in [2.05, 4.69) is 36.4 Å². The van der Waals surface area contributed by atoms with Crippen LogP contribution in [0.4, 0.5) is 0 Å². The van der Waals surface area contributed by atoms with Gasteiger partial charge in [0.1, 0.15) is 23.0 Å². The van der Waals surface area contributed by atoms with E-state index in [-0.39, 0.29) is 5.92 Å². The van der Waals surface area contributed by atoms with E-state index < -0.39 is 0 Å². The molecule has 0 saturated heterocycles. The van der Waals surface area contributed by atoms with Gasteiger partial charge in [-0.2, -0.15) is 0 Å². The Hall–Kier alpha value is -3.46. The third-order valence-electron chi connectivity index (χ3n) is 7.44. The van der Waals surface area contributed by atoms with Crippen molar-refractivity contribution in [1.82, 2.24) is 0 Å². The molecule has 1 heterocycles. The predicted molar refractivity (Wildman–Crippen MR) is 130 cm³/mol. The fourth-order valence-corrected chi connectivity index (χ4v) is 5.28. The quantitative estimate of drug-likeness (QED) is 0.295. The molecule has 0 amide bonds. The van der Waals surface area contributed by atoms with Gasteiger partial charge in [0.2, 0.25) is 0 Å². The zero-order valence-corrected chi connectivity index (χ0v) is 19.4. The summed E-state index contributed by atoms with van der Waals surface area (Å²) in [5.74, 6) is 2.08. The predicted octanol–water partition coefficient (Wildman–Crippen LogP) is 7.39. The van der Waals surface area contributed by atoms with Crippen LogP contribution in [-0.4, -0.2) is 10.2 Å². The van der Waals surface area contributed by atoms with Gasteiger partial charge in [0.15, 0.2) is 0 Å². The monoisotopic (exact) mass is 424 g/mol. The summed E-state index contributed by atoms with van der Waals surface area (Å²) in [7, 11) is 0. The maximum atomic E-state index is 11.0. The number of hydrogen-bond acceptors (Lipinski definition) is 3. The maximum Gasteiger partial charge on any atom is 0.135 e. The molecule has 0 bridgehead atoms. The van der Waals surface area contributed by atoms with Crippen LogP contribution in [0.25, 0.3) is 10.8 Å². The molecule has 5 rings (SSSR count). The molecule has 3 nitrogen and oxygen atoms in total. The van der Waals surface area contributed by atoms with E-state index in [0.29, 0.717) is 11.5 Å². The van der Waals surface area contributed by atoms with Crippen molar-refractivity contribution in [3.8, 4) is 23.0 Å². The molecular formula is C29H28O3. The Morgan fingerprint density at radius 3 is 1.66 bits per heavy atom. The Morgan fingerprint density at radius 2 is 1.09 bits per heavy atom. The van der Waals surface area contributed by atoms with E-state index in [1.807, 2.05) is 47.6 Å². The highest BCUT2D eigenvalue weighted by atomic mass is 16.5. The lowest BCUT2D eigenvalue weighted by Crippen LogP contribution is -2.18. The largest absolute Gasteiger partial charge is 0.507 e. The van der Waals surface area contributed by atoms with Gasteiger partial charge >= 0.3 is 0 Å². The van der Waals surface area contributed by atoms with E-state index >= 15 is 0 Å². The number of ether oxygens (including phenoxy) is 1. The maximum absolute atomic E-state index is 11.0. The first-order valence-electron chi connectivity index (χ1n) is 11.0. The fraction of sp³-hybridized carbons (Fsp3) is 0.241. The average Bonchev–Trinajstić information content (AvgIpc) is 2.81. The molecule has 4 aromatic rings. The van der Waals surface area contributed by atoms with Gasteiger partial charge in [0, 0.05) is 17.0 Å². The second-order valence-electron chi connectivity index (χ2n) is 9.04. The van der Waals surface area contributed by atoms with E-state index in [1.54, 1.807) is 0 Å². The lowest BCUT2D eigenvalue weighted by atomic mass is 9.75. The van der Waals surface area contributed by atoms with E-state index in [0.717, 1.165) is 72.3 Å². The minimum Gasteiger partial charge on any atom is -0.507 e. The van der Waals surface area contributed by atoms with Crippen molar-refractivity contribution in [2.75, 3.05) is 0 Å². The van der Waals surface area contributed by atoms with E-state index in [1.165, 1.54) is 0 Å². The van der Waals surface area contributed by atoms with Crippen LogP contribution in [0.3, 0.4) is 0 Å². The summed E-state index contributed by atoms with van der Waals surface area (Å²) >= 11 is 0. The van der Waals surface area contributed by atoms with Gasteiger partial charge in [0.25, 0.3) is 0 Å². The zero-order valence-electron chi connectivity index (χ0n) is 19.4. The van der Waals surface area contributed by atoms with Crippen LogP contribution in [0.15, 0.2) is 42.5 Å². The van der Waals surface area contributed by atoms with Crippen LogP contribution in [0, 0.1) is 41.5 Å². The van der Waals surface area contributed by atoms with Crippen LogP contribution in [0.1, 0.15) is 56.0 Å². The Labute approximate surface area is 188 Å². The highest BCUT2D eigenvalue weighted by molar-refractivity contribution is 5.88. The van der Waals surface area contributed by atoms with E-state index in [9.17, 15) is 10.2 Å². The normalized spacial score (nSPS) is 13.1. The number of benzene rings is 4. The fourth-order valence-electron chi connectivity index (χ4n) is 5.28. The third-order valence-corrected chi connectivity index (χ3v) is 7.44. The van der Waals surface area contributed by atoms with Crippen LogP contribution in [-0.2, 0) is 0 Å². The van der Waals surface area contributed by atoms with Gasteiger partial charge in [0.05, 0.1) is 0 Å². The summed E-state index contributed by atoms with van der Waals surface area (Å²) in [6.07, 6.45) is 0. The topological polar surface area (TPSA) is 49.7 Å².